The molecule has 2 amide bonds. The summed E-state index contributed by atoms with van der Waals surface area (Å²) in [6, 6.07) is 8.53. The summed E-state index contributed by atoms with van der Waals surface area (Å²) >= 11 is 0. The van der Waals surface area contributed by atoms with E-state index in [4.69, 9.17) is 10.5 Å². The fourth-order valence-electron chi connectivity index (χ4n) is 5.40. The number of amides is 2. The zero-order valence-electron chi connectivity index (χ0n) is 17.1. The SMILES string of the molecule is CC(C)(C)OC(=O)NC12CC(N(CC3CCc4ccccc43)C(=O)CN)(C1)C2. The van der Waals surface area contributed by atoms with Crippen molar-refractivity contribution in [3.05, 3.63) is 35.4 Å². The Morgan fingerprint density at radius 2 is 1.93 bits per heavy atom. The van der Waals surface area contributed by atoms with Crippen molar-refractivity contribution in [2.45, 2.75) is 75.5 Å². The van der Waals surface area contributed by atoms with Crippen LogP contribution in [0.15, 0.2) is 24.3 Å². The van der Waals surface area contributed by atoms with Crippen LogP contribution in [0.3, 0.4) is 0 Å². The standard InChI is InChI=1S/C22H31N3O3/c1-20(2,3)28-19(27)24-21-12-22(13-21,14-21)25(18(26)10-23)11-16-9-8-15-6-4-5-7-17(15)16/h4-7,16H,8-14,23H2,1-3H3,(H,24,27). The molecule has 5 rings (SSSR count). The maximum atomic E-state index is 12.7. The number of nitrogens with one attached hydrogen (secondary N) is 1. The highest BCUT2D eigenvalue weighted by atomic mass is 16.6. The monoisotopic (exact) mass is 385 g/mol. The van der Waals surface area contributed by atoms with Crippen LogP contribution in [0, 0.1) is 0 Å². The van der Waals surface area contributed by atoms with Gasteiger partial charge < -0.3 is 20.7 Å². The largest absolute Gasteiger partial charge is 0.444 e. The van der Waals surface area contributed by atoms with E-state index < -0.39 is 5.60 Å². The van der Waals surface area contributed by atoms with Gasteiger partial charge in [-0.25, -0.2) is 4.79 Å². The molecule has 3 saturated carbocycles. The third-order valence-corrected chi connectivity index (χ3v) is 6.48. The van der Waals surface area contributed by atoms with E-state index in [0.29, 0.717) is 5.92 Å². The number of ether oxygens (including phenoxy) is 1. The lowest BCUT2D eigenvalue weighted by Crippen LogP contribution is -2.84. The van der Waals surface area contributed by atoms with Gasteiger partial charge in [-0.2, -0.15) is 0 Å². The highest BCUT2D eigenvalue weighted by Gasteiger charge is 2.72. The molecule has 0 spiro atoms. The van der Waals surface area contributed by atoms with Crippen molar-refractivity contribution in [1.82, 2.24) is 10.2 Å². The van der Waals surface area contributed by atoms with Crippen molar-refractivity contribution < 1.29 is 14.3 Å². The van der Waals surface area contributed by atoms with Gasteiger partial charge in [0.15, 0.2) is 0 Å². The van der Waals surface area contributed by atoms with Gasteiger partial charge in [0, 0.05) is 18.0 Å². The summed E-state index contributed by atoms with van der Waals surface area (Å²) in [5.41, 5.74) is 7.62. The Morgan fingerprint density at radius 3 is 2.57 bits per heavy atom. The Kier molecular flexibility index (Phi) is 4.45. The molecule has 1 atom stereocenters. The first-order valence-electron chi connectivity index (χ1n) is 10.2. The number of alkyl carbamates (subject to hydrolysis) is 1. The number of rotatable bonds is 5. The van der Waals surface area contributed by atoms with Crippen LogP contribution in [0.5, 0.6) is 0 Å². The van der Waals surface area contributed by atoms with Crippen molar-refractivity contribution in [2.24, 2.45) is 5.73 Å². The third kappa shape index (κ3) is 3.28. The molecule has 1 aromatic carbocycles. The Balaban J connectivity index is 1.41. The van der Waals surface area contributed by atoms with Gasteiger partial charge in [0.2, 0.25) is 5.91 Å². The molecular weight excluding hydrogens is 354 g/mol. The molecule has 4 aliphatic carbocycles. The van der Waals surface area contributed by atoms with Gasteiger partial charge >= 0.3 is 6.09 Å². The molecule has 4 aliphatic rings. The predicted octanol–water partition coefficient (Wildman–Crippen LogP) is 2.70. The van der Waals surface area contributed by atoms with Crippen LogP contribution in [0.2, 0.25) is 0 Å². The molecule has 3 N–H and O–H groups in total. The molecule has 152 valence electrons. The fourth-order valence-corrected chi connectivity index (χ4v) is 5.40. The average Bonchev–Trinajstić information content (AvgIpc) is 2.96. The van der Waals surface area contributed by atoms with Crippen LogP contribution in [0.25, 0.3) is 0 Å². The fraction of sp³-hybridized carbons (Fsp3) is 0.636. The highest BCUT2D eigenvalue weighted by Crippen LogP contribution is 2.64. The number of hydrogen-bond acceptors (Lipinski definition) is 4. The molecule has 0 radical (unpaired) electrons. The lowest BCUT2D eigenvalue weighted by atomic mass is 9.43. The van der Waals surface area contributed by atoms with Gasteiger partial charge in [-0.05, 0) is 64.0 Å². The molecule has 0 heterocycles. The maximum absolute atomic E-state index is 12.7. The number of carbonyl (C=O) groups is 2. The summed E-state index contributed by atoms with van der Waals surface area (Å²) in [4.78, 5) is 26.8. The summed E-state index contributed by atoms with van der Waals surface area (Å²) in [6.07, 6.45) is 4.15. The van der Waals surface area contributed by atoms with E-state index in [2.05, 4.69) is 29.6 Å². The van der Waals surface area contributed by atoms with E-state index >= 15 is 0 Å². The van der Waals surface area contributed by atoms with Crippen LogP contribution in [-0.4, -0.2) is 46.7 Å². The minimum atomic E-state index is -0.511. The molecule has 28 heavy (non-hydrogen) atoms. The van der Waals surface area contributed by atoms with Gasteiger partial charge in [-0.15, -0.1) is 0 Å². The second-order valence-electron chi connectivity index (χ2n) is 9.80. The quantitative estimate of drug-likeness (QED) is 0.816. The summed E-state index contributed by atoms with van der Waals surface area (Å²) in [5.74, 6) is 0.380. The maximum Gasteiger partial charge on any atom is 0.408 e. The lowest BCUT2D eigenvalue weighted by molar-refractivity contribution is -0.188. The Labute approximate surface area is 166 Å². The van der Waals surface area contributed by atoms with Gasteiger partial charge in [0.05, 0.1) is 12.1 Å². The van der Waals surface area contributed by atoms with E-state index in [1.165, 1.54) is 11.1 Å². The van der Waals surface area contributed by atoms with E-state index in [1.807, 2.05) is 25.7 Å². The number of carbonyl (C=O) groups excluding carboxylic acids is 2. The molecule has 1 aromatic rings. The summed E-state index contributed by atoms with van der Waals surface area (Å²) < 4.78 is 5.39. The minimum Gasteiger partial charge on any atom is -0.444 e. The number of fused-ring (bicyclic) bond motifs is 1. The first-order valence-corrected chi connectivity index (χ1v) is 10.2. The zero-order valence-corrected chi connectivity index (χ0v) is 17.1. The number of nitrogens with two attached hydrogens (primary N) is 1. The van der Waals surface area contributed by atoms with E-state index in [-0.39, 0.29) is 29.6 Å². The molecule has 2 bridgehead atoms. The van der Waals surface area contributed by atoms with Crippen LogP contribution in [0.4, 0.5) is 4.79 Å². The third-order valence-electron chi connectivity index (χ3n) is 6.48. The number of benzene rings is 1. The molecule has 0 aromatic heterocycles. The van der Waals surface area contributed by atoms with Crippen molar-refractivity contribution in [1.29, 1.82) is 0 Å². The molecule has 0 saturated heterocycles. The topological polar surface area (TPSA) is 84.7 Å². The second kappa shape index (κ2) is 6.48. The highest BCUT2D eigenvalue weighted by molar-refractivity contribution is 5.80. The Hall–Kier alpha value is -2.08. The lowest BCUT2D eigenvalue weighted by Gasteiger charge is -2.73. The molecule has 3 fully saturated rings. The smallest absolute Gasteiger partial charge is 0.408 e. The number of aryl methyl sites for hydroxylation is 1. The molecule has 6 heteroatoms. The van der Waals surface area contributed by atoms with Crippen molar-refractivity contribution in [2.75, 3.05) is 13.1 Å². The van der Waals surface area contributed by atoms with Gasteiger partial charge in [0.25, 0.3) is 0 Å². The van der Waals surface area contributed by atoms with Gasteiger partial charge in [-0.3, -0.25) is 4.79 Å². The molecule has 6 nitrogen and oxygen atoms in total. The van der Waals surface area contributed by atoms with Crippen molar-refractivity contribution >= 4 is 12.0 Å². The van der Waals surface area contributed by atoms with Gasteiger partial charge in [-0.1, -0.05) is 24.3 Å². The molecule has 1 unspecified atom stereocenters. The van der Waals surface area contributed by atoms with Crippen molar-refractivity contribution in [3.63, 3.8) is 0 Å². The van der Waals surface area contributed by atoms with Crippen LogP contribution in [-0.2, 0) is 16.0 Å². The number of hydrogen-bond donors (Lipinski definition) is 2. The van der Waals surface area contributed by atoms with E-state index in [1.54, 1.807) is 0 Å². The zero-order chi connectivity index (χ0) is 20.2. The van der Waals surface area contributed by atoms with Gasteiger partial charge in [0.1, 0.15) is 5.60 Å². The van der Waals surface area contributed by atoms with Crippen LogP contribution >= 0.6 is 0 Å². The Bertz CT molecular complexity index is 779. The van der Waals surface area contributed by atoms with E-state index in [9.17, 15) is 9.59 Å². The summed E-state index contributed by atoms with van der Waals surface area (Å²) in [7, 11) is 0. The molecular formula is C22H31N3O3. The van der Waals surface area contributed by atoms with Crippen LogP contribution in [0.1, 0.15) is 63.5 Å². The first-order chi connectivity index (χ1) is 13.2. The van der Waals surface area contributed by atoms with E-state index in [0.717, 1.165) is 38.6 Å². The minimum absolute atomic E-state index is 0.00921. The Morgan fingerprint density at radius 1 is 1.25 bits per heavy atom. The second-order valence-corrected chi connectivity index (χ2v) is 9.80. The predicted molar refractivity (Wildman–Crippen MR) is 107 cm³/mol. The van der Waals surface area contributed by atoms with Crippen LogP contribution < -0.4 is 11.1 Å². The average molecular weight is 386 g/mol. The van der Waals surface area contributed by atoms with Crippen molar-refractivity contribution in [3.8, 4) is 0 Å². The number of nitrogens with zero attached hydrogens (tertiary/aromatic N) is 1. The summed E-state index contributed by atoms with van der Waals surface area (Å²) in [6.45, 7) is 6.32. The normalized spacial score (nSPS) is 29.9. The first kappa shape index (κ1) is 19.2. The molecule has 0 aliphatic heterocycles. The summed E-state index contributed by atoms with van der Waals surface area (Å²) in [5, 5.41) is 3.03.